The van der Waals surface area contributed by atoms with E-state index in [0.29, 0.717) is 21.8 Å². The molecular weight excluding hydrogens is 392 g/mol. The number of aryl methyl sites for hydroxylation is 1. The lowest BCUT2D eigenvalue weighted by Gasteiger charge is -2.10. The molecule has 3 aromatic rings. The first-order valence-corrected chi connectivity index (χ1v) is 10.5. The van der Waals surface area contributed by atoms with Gasteiger partial charge in [0.05, 0.1) is 26.5 Å². The molecule has 0 fully saturated rings. The second kappa shape index (κ2) is 7.51. The number of hydrogen-bond donors (Lipinski definition) is 0. The minimum atomic E-state index is -4.34. The molecule has 0 saturated carbocycles. The van der Waals surface area contributed by atoms with Crippen LogP contribution in [0.2, 0.25) is 0 Å². The van der Waals surface area contributed by atoms with Gasteiger partial charge in [-0.3, -0.25) is 4.79 Å². The number of benzene rings is 2. The first-order valence-electron chi connectivity index (χ1n) is 7.90. The number of fused-ring (bicyclic) bond motifs is 2. The van der Waals surface area contributed by atoms with E-state index >= 15 is 0 Å². The molecule has 0 N–H and O–H groups in total. The molecule has 0 atom stereocenters. The Balaban J connectivity index is 2.31. The lowest BCUT2D eigenvalue weighted by atomic mass is 10.0. The second-order valence-electron chi connectivity index (χ2n) is 5.79. The normalized spacial score (nSPS) is 11.6. The summed E-state index contributed by atoms with van der Waals surface area (Å²) in [6.07, 6.45) is 0.104. The smallest absolute Gasteiger partial charge is 0.319 e. The van der Waals surface area contributed by atoms with Crippen LogP contribution in [0.1, 0.15) is 16.8 Å². The monoisotopic (exact) mass is 406 g/mol. The van der Waals surface area contributed by atoms with Crippen molar-refractivity contribution in [1.29, 1.82) is 0 Å². The zero-order valence-electron chi connectivity index (χ0n) is 13.9. The highest BCUT2D eigenvalue weighted by molar-refractivity contribution is 7.85. The summed E-state index contributed by atoms with van der Waals surface area (Å²) in [5.74, 6) is -1.39. The van der Waals surface area contributed by atoms with Crippen molar-refractivity contribution in [1.82, 2.24) is 0 Å². The number of para-hydroxylation sites is 2. The van der Waals surface area contributed by atoms with E-state index in [-0.39, 0.29) is 18.5 Å². The van der Waals surface area contributed by atoms with E-state index in [0.717, 1.165) is 0 Å². The van der Waals surface area contributed by atoms with Crippen LogP contribution in [-0.4, -0.2) is 33.0 Å². The van der Waals surface area contributed by atoms with E-state index in [2.05, 4.69) is 4.36 Å². The van der Waals surface area contributed by atoms with E-state index in [9.17, 15) is 26.2 Å². The third kappa shape index (κ3) is 4.18. The predicted octanol–water partition coefficient (Wildman–Crippen LogP) is 1.42. The third-order valence-corrected chi connectivity index (χ3v) is 5.18. The van der Waals surface area contributed by atoms with E-state index in [1.807, 2.05) is 0 Å². The molecule has 0 aliphatic rings. The van der Waals surface area contributed by atoms with Crippen molar-refractivity contribution in [2.75, 3.05) is 5.75 Å². The van der Waals surface area contributed by atoms with Gasteiger partial charge in [-0.05, 0) is 12.1 Å². The van der Waals surface area contributed by atoms with Crippen molar-refractivity contribution in [2.45, 2.75) is 13.0 Å². The van der Waals surface area contributed by atoms with Gasteiger partial charge < -0.3 is 4.55 Å². The maximum Gasteiger partial charge on any atom is 0.319 e. The van der Waals surface area contributed by atoms with Crippen LogP contribution in [0.5, 0.6) is 0 Å². The highest BCUT2D eigenvalue weighted by Gasteiger charge is 2.23. The van der Waals surface area contributed by atoms with E-state index in [4.69, 9.17) is 0 Å². The first kappa shape index (κ1) is 19.1. The number of nitrogens with zero attached hydrogens (tertiary/aromatic N) is 2. The molecule has 1 aromatic heterocycles. The lowest BCUT2D eigenvalue weighted by molar-refractivity contribution is -0.645. The van der Waals surface area contributed by atoms with E-state index in [1.165, 1.54) is 0 Å². The molecule has 1 heterocycles. The second-order valence-corrected chi connectivity index (χ2v) is 7.93. The Morgan fingerprint density at radius 3 is 2.00 bits per heavy atom. The average molecular weight is 406 g/mol. The largest absolute Gasteiger partial charge is 0.748 e. The van der Waals surface area contributed by atoms with E-state index < -0.39 is 32.3 Å². The molecule has 8 nitrogen and oxygen atoms in total. The van der Waals surface area contributed by atoms with Gasteiger partial charge in [0.25, 0.3) is 5.91 Å². The van der Waals surface area contributed by atoms with Gasteiger partial charge in [0, 0.05) is 24.3 Å². The first-order chi connectivity index (χ1) is 12.8. The van der Waals surface area contributed by atoms with Crippen molar-refractivity contribution < 1.29 is 30.7 Å². The van der Waals surface area contributed by atoms with Crippen LogP contribution in [0, 0.1) is 0 Å². The highest BCUT2D eigenvalue weighted by Crippen LogP contribution is 2.25. The zero-order valence-corrected chi connectivity index (χ0v) is 15.5. The quantitative estimate of drug-likeness (QED) is 0.358. The molecule has 3 rings (SSSR count). The molecule has 10 heteroatoms. The van der Waals surface area contributed by atoms with Crippen LogP contribution in [0.25, 0.3) is 21.8 Å². The summed E-state index contributed by atoms with van der Waals surface area (Å²) in [6.45, 7) is 0.238. The summed E-state index contributed by atoms with van der Waals surface area (Å²) >= 11 is 0. The summed E-state index contributed by atoms with van der Waals surface area (Å²) in [5, 5.41) is 0.973. The Morgan fingerprint density at radius 1 is 1.00 bits per heavy atom. The minimum Gasteiger partial charge on any atom is -0.748 e. The zero-order chi connectivity index (χ0) is 19.6. The Labute approximate surface area is 156 Å². The maximum absolute atomic E-state index is 12.5. The third-order valence-electron chi connectivity index (χ3n) is 4.08. The van der Waals surface area contributed by atoms with Gasteiger partial charge in [-0.1, -0.05) is 28.6 Å². The average Bonchev–Trinajstić information content (AvgIpc) is 2.59. The minimum absolute atomic E-state index is 0.104. The van der Waals surface area contributed by atoms with Crippen molar-refractivity contribution >= 4 is 48.3 Å². The fourth-order valence-electron chi connectivity index (χ4n) is 3.10. The molecule has 1 amide bonds. The molecule has 0 spiro atoms. The molecular formula is C17H14N2O6S2. The predicted molar refractivity (Wildman–Crippen MR) is 96.5 cm³/mol. The van der Waals surface area contributed by atoms with Crippen LogP contribution in [0.3, 0.4) is 0 Å². The number of aromatic nitrogens is 1. The van der Waals surface area contributed by atoms with Gasteiger partial charge >= 0.3 is 10.5 Å². The highest BCUT2D eigenvalue weighted by atomic mass is 32.2. The number of pyridine rings is 1. The molecule has 140 valence electrons. The number of carbonyl (C=O) groups excluding carboxylic acids is 1. The Kier molecular flexibility index (Phi) is 5.31. The Morgan fingerprint density at radius 2 is 1.52 bits per heavy atom. The summed E-state index contributed by atoms with van der Waals surface area (Å²) in [5.41, 5.74) is 1.36. The Hall–Kier alpha value is -2.69. The van der Waals surface area contributed by atoms with E-state index in [1.54, 1.807) is 53.1 Å². The fourth-order valence-corrected chi connectivity index (χ4v) is 3.81. The van der Waals surface area contributed by atoms with Crippen molar-refractivity contribution in [3.05, 3.63) is 54.1 Å². The van der Waals surface area contributed by atoms with Gasteiger partial charge in [0.1, 0.15) is 0 Å². The molecule has 0 saturated heterocycles. The summed E-state index contributed by atoms with van der Waals surface area (Å²) in [4.78, 5) is 12.5. The molecule has 2 aromatic carbocycles. The van der Waals surface area contributed by atoms with Gasteiger partial charge in [0.2, 0.25) is 11.0 Å². The van der Waals surface area contributed by atoms with Gasteiger partial charge in [-0.15, -0.1) is 0 Å². The van der Waals surface area contributed by atoms with Crippen LogP contribution >= 0.6 is 0 Å². The molecule has 0 unspecified atom stereocenters. The van der Waals surface area contributed by atoms with Crippen LogP contribution in [0.4, 0.5) is 0 Å². The SMILES string of the molecule is O=C(N=S(=O)=O)c1c2ccccc2[n+](CCCS(=O)(=O)[O-])c2ccccc12. The van der Waals surface area contributed by atoms with Crippen LogP contribution in [-0.2, 0) is 27.2 Å². The topological polar surface area (TPSA) is 125 Å². The van der Waals surface area contributed by atoms with Crippen molar-refractivity contribution in [2.24, 2.45) is 4.36 Å². The molecule has 0 aliphatic carbocycles. The number of amides is 1. The van der Waals surface area contributed by atoms with Crippen molar-refractivity contribution in [3.63, 3.8) is 0 Å². The summed E-state index contributed by atoms with van der Waals surface area (Å²) in [7, 11) is -7.22. The van der Waals surface area contributed by atoms with Crippen molar-refractivity contribution in [3.8, 4) is 0 Å². The van der Waals surface area contributed by atoms with Crippen LogP contribution in [0.15, 0.2) is 52.9 Å². The number of carbonyl (C=O) groups is 1. The van der Waals surface area contributed by atoms with Crippen LogP contribution < -0.4 is 4.57 Å². The van der Waals surface area contributed by atoms with Gasteiger partial charge in [0.15, 0.2) is 6.54 Å². The van der Waals surface area contributed by atoms with Gasteiger partial charge in [-0.2, -0.15) is 13.0 Å². The Bertz CT molecular complexity index is 1230. The molecule has 27 heavy (non-hydrogen) atoms. The number of hydrogen-bond acceptors (Lipinski definition) is 6. The molecule has 0 radical (unpaired) electrons. The summed E-state index contributed by atoms with van der Waals surface area (Å²) < 4.78 is 59.4. The fraction of sp³-hybridized carbons (Fsp3) is 0.176. The standard InChI is InChI=1S/C17H14N2O6S2/c20-17(18-26(21)22)16-12-6-1-3-8-14(12)19(10-5-11-27(23,24)25)15-9-4-2-7-13(15)16/h1-4,6-9H,5,10-11H2. The summed E-state index contributed by atoms with van der Waals surface area (Å²) in [6, 6.07) is 13.7. The maximum atomic E-state index is 12.5. The molecule has 0 bridgehead atoms. The number of rotatable bonds is 5. The molecule has 0 aliphatic heterocycles. The van der Waals surface area contributed by atoms with Gasteiger partial charge in [-0.25, -0.2) is 8.42 Å². The lowest BCUT2D eigenvalue weighted by Crippen LogP contribution is -2.37.